The number of aryl methyl sites for hydroxylation is 1. The molecule has 2 rings (SSSR count). The number of hydrogen-bond donors (Lipinski definition) is 2. The summed E-state index contributed by atoms with van der Waals surface area (Å²) < 4.78 is 77.6. The van der Waals surface area contributed by atoms with Gasteiger partial charge in [-0.15, -0.1) is 0 Å². The van der Waals surface area contributed by atoms with Crippen LogP contribution in [0, 0.1) is 6.92 Å². The molecule has 0 aromatic heterocycles. The van der Waals surface area contributed by atoms with Gasteiger partial charge in [-0.1, -0.05) is 29.8 Å². The van der Waals surface area contributed by atoms with E-state index in [9.17, 15) is 35.9 Å². The van der Waals surface area contributed by atoms with Crippen LogP contribution in [0.25, 0.3) is 0 Å². The lowest BCUT2D eigenvalue weighted by molar-refractivity contribution is -0.143. The number of carbonyl (C=O) groups excluding carboxylic acids is 2. The van der Waals surface area contributed by atoms with Gasteiger partial charge in [0, 0.05) is 12.0 Å². The highest BCUT2D eigenvalue weighted by atomic mass is 19.4. The summed E-state index contributed by atoms with van der Waals surface area (Å²) in [5.41, 5.74) is 2.60. The summed E-state index contributed by atoms with van der Waals surface area (Å²) in [4.78, 5) is 23.9. The topological polar surface area (TPSA) is 72.2 Å². The number of amides is 2. The van der Waals surface area contributed by atoms with Crippen molar-refractivity contribution in [3.63, 3.8) is 0 Å². The van der Waals surface area contributed by atoms with Crippen LogP contribution in [0.5, 0.6) is 0 Å². The van der Waals surface area contributed by atoms with Crippen LogP contribution in [0.15, 0.2) is 42.5 Å². The minimum absolute atomic E-state index is 0.0769. The minimum Gasteiger partial charge on any atom is -0.368 e. The molecule has 0 bridgehead atoms. The minimum atomic E-state index is -5.10. The number of nitrogens with two attached hydrogens (primary N) is 1. The Hall–Kier alpha value is -3.04. The van der Waals surface area contributed by atoms with E-state index in [-0.39, 0.29) is 24.6 Å². The lowest BCUT2D eigenvalue weighted by atomic mass is 10.0. The summed E-state index contributed by atoms with van der Waals surface area (Å²) >= 11 is 0. The molecule has 3 N–H and O–H groups in total. The zero-order chi connectivity index (χ0) is 22.0. The van der Waals surface area contributed by atoms with Crippen LogP contribution in [0.3, 0.4) is 0 Å². The molecule has 2 aromatic carbocycles. The van der Waals surface area contributed by atoms with E-state index in [0.29, 0.717) is 5.56 Å². The normalized spacial score (nSPS) is 13.1. The molecule has 0 radical (unpaired) electrons. The summed E-state index contributed by atoms with van der Waals surface area (Å²) in [6.07, 6.45) is -10.3. The Morgan fingerprint density at radius 2 is 1.41 bits per heavy atom. The number of carbonyl (C=O) groups is 2. The molecule has 0 aliphatic rings. The van der Waals surface area contributed by atoms with Gasteiger partial charge >= 0.3 is 12.4 Å². The highest BCUT2D eigenvalue weighted by molar-refractivity contribution is 5.97. The van der Waals surface area contributed by atoms with Crippen LogP contribution in [0.4, 0.5) is 26.3 Å². The van der Waals surface area contributed by atoms with Gasteiger partial charge in [0.15, 0.2) is 0 Å². The Labute approximate surface area is 161 Å². The number of halogens is 6. The van der Waals surface area contributed by atoms with E-state index in [4.69, 9.17) is 5.73 Å². The molecule has 0 unspecified atom stereocenters. The third-order valence-electron chi connectivity index (χ3n) is 4.06. The summed E-state index contributed by atoms with van der Waals surface area (Å²) in [6.45, 7) is 1.82. The zero-order valence-electron chi connectivity index (χ0n) is 15.0. The molecule has 1 atom stereocenters. The fourth-order valence-electron chi connectivity index (χ4n) is 2.51. The summed E-state index contributed by atoms with van der Waals surface area (Å²) in [5.74, 6) is -2.26. The second-order valence-corrected chi connectivity index (χ2v) is 6.41. The van der Waals surface area contributed by atoms with Crippen molar-refractivity contribution in [1.29, 1.82) is 0 Å². The van der Waals surface area contributed by atoms with E-state index in [1.165, 1.54) is 0 Å². The third-order valence-corrected chi connectivity index (χ3v) is 4.06. The fourth-order valence-corrected chi connectivity index (χ4v) is 2.51. The first-order valence-corrected chi connectivity index (χ1v) is 8.22. The first kappa shape index (κ1) is 22.3. The SMILES string of the molecule is Cc1ccc(C[C@H](NC(=O)c2cc(C(F)(F)F)cc(C(F)(F)F)c2)C(N)=O)cc1. The second-order valence-electron chi connectivity index (χ2n) is 6.41. The van der Waals surface area contributed by atoms with Gasteiger partial charge in [-0.05, 0) is 30.7 Å². The number of primary amides is 1. The maximum atomic E-state index is 12.9. The summed E-state index contributed by atoms with van der Waals surface area (Å²) in [6, 6.07) is 5.94. The van der Waals surface area contributed by atoms with Gasteiger partial charge in [-0.25, -0.2) is 0 Å². The standard InChI is InChI=1S/C19H16F6N2O2/c1-10-2-4-11(5-3-10)6-15(16(26)28)27-17(29)12-7-13(18(20,21)22)9-14(8-12)19(23,24)25/h2-5,7-9,15H,6H2,1H3,(H2,26,28)(H,27,29)/t15-/m0/s1. The van der Waals surface area contributed by atoms with Crippen molar-refractivity contribution in [3.05, 3.63) is 70.3 Å². The molecule has 156 valence electrons. The molecule has 29 heavy (non-hydrogen) atoms. The van der Waals surface area contributed by atoms with Gasteiger partial charge in [-0.2, -0.15) is 26.3 Å². The summed E-state index contributed by atoms with van der Waals surface area (Å²) in [7, 11) is 0. The number of benzene rings is 2. The molecule has 0 heterocycles. The van der Waals surface area contributed by atoms with E-state index in [2.05, 4.69) is 5.32 Å². The molecular weight excluding hydrogens is 402 g/mol. The van der Waals surface area contributed by atoms with Gasteiger partial charge in [0.25, 0.3) is 5.91 Å². The predicted octanol–water partition coefficient (Wildman–Crippen LogP) is 3.86. The molecule has 2 amide bonds. The van der Waals surface area contributed by atoms with E-state index >= 15 is 0 Å². The second kappa shape index (κ2) is 8.14. The Kier molecular flexibility index (Phi) is 6.24. The molecular formula is C19H16F6N2O2. The average molecular weight is 418 g/mol. The smallest absolute Gasteiger partial charge is 0.368 e. The van der Waals surface area contributed by atoms with E-state index < -0.39 is 46.9 Å². The van der Waals surface area contributed by atoms with Crippen molar-refractivity contribution in [2.45, 2.75) is 31.7 Å². The molecule has 2 aromatic rings. The first-order valence-electron chi connectivity index (χ1n) is 8.22. The highest BCUT2D eigenvalue weighted by Crippen LogP contribution is 2.36. The first-order chi connectivity index (χ1) is 13.3. The number of rotatable bonds is 5. The monoisotopic (exact) mass is 418 g/mol. The van der Waals surface area contributed by atoms with E-state index in [1.54, 1.807) is 24.3 Å². The van der Waals surface area contributed by atoms with Gasteiger partial charge in [-0.3, -0.25) is 9.59 Å². The molecule has 10 heteroatoms. The van der Waals surface area contributed by atoms with Crippen molar-refractivity contribution in [2.75, 3.05) is 0 Å². The molecule has 4 nitrogen and oxygen atoms in total. The number of alkyl halides is 6. The predicted molar refractivity (Wildman–Crippen MR) is 91.8 cm³/mol. The molecule has 0 fully saturated rings. The average Bonchev–Trinajstić information content (AvgIpc) is 2.61. The number of nitrogens with one attached hydrogen (secondary N) is 1. The number of hydrogen-bond acceptors (Lipinski definition) is 2. The van der Waals surface area contributed by atoms with Crippen molar-refractivity contribution < 1.29 is 35.9 Å². The van der Waals surface area contributed by atoms with Gasteiger partial charge in [0.1, 0.15) is 6.04 Å². The lowest BCUT2D eigenvalue weighted by Crippen LogP contribution is -2.46. The van der Waals surface area contributed by atoms with Gasteiger partial charge in [0.05, 0.1) is 11.1 Å². The highest BCUT2D eigenvalue weighted by Gasteiger charge is 2.37. The van der Waals surface area contributed by atoms with Crippen molar-refractivity contribution in [1.82, 2.24) is 5.32 Å². The van der Waals surface area contributed by atoms with Crippen LogP contribution in [0.2, 0.25) is 0 Å². The third kappa shape index (κ3) is 5.97. The van der Waals surface area contributed by atoms with Crippen LogP contribution >= 0.6 is 0 Å². The summed E-state index contributed by atoms with van der Waals surface area (Å²) in [5, 5.41) is 2.11. The van der Waals surface area contributed by atoms with Crippen LogP contribution in [0.1, 0.15) is 32.6 Å². The maximum absolute atomic E-state index is 12.9. The Morgan fingerprint density at radius 3 is 1.83 bits per heavy atom. The van der Waals surface area contributed by atoms with Crippen LogP contribution < -0.4 is 11.1 Å². The Morgan fingerprint density at radius 1 is 0.931 bits per heavy atom. The van der Waals surface area contributed by atoms with E-state index in [0.717, 1.165) is 5.56 Å². The van der Waals surface area contributed by atoms with Crippen molar-refractivity contribution >= 4 is 11.8 Å². The van der Waals surface area contributed by atoms with Gasteiger partial charge < -0.3 is 11.1 Å². The molecule has 0 saturated heterocycles. The zero-order valence-corrected chi connectivity index (χ0v) is 15.0. The lowest BCUT2D eigenvalue weighted by Gasteiger charge is -2.18. The largest absolute Gasteiger partial charge is 0.416 e. The molecule has 0 aliphatic carbocycles. The van der Waals surface area contributed by atoms with E-state index in [1.807, 2.05) is 6.92 Å². The maximum Gasteiger partial charge on any atom is 0.416 e. The van der Waals surface area contributed by atoms with Gasteiger partial charge in [0.2, 0.25) is 5.91 Å². The molecule has 0 saturated carbocycles. The van der Waals surface area contributed by atoms with Crippen molar-refractivity contribution in [3.8, 4) is 0 Å². The fraction of sp³-hybridized carbons (Fsp3) is 0.263. The Balaban J connectivity index is 2.33. The van der Waals surface area contributed by atoms with Crippen LogP contribution in [-0.2, 0) is 23.6 Å². The van der Waals surface area contributed by atoms with Crippen molar-refractivity contribution in [2.24, 2.45) is 5.73 Å². The van der Waals surface area contributed by atoms with Crippen LogP contribution in [-0.4, -0.2) is 17.9 Å². The Bertz CT molecular complexity index is 872. The molecule has 0 spiro atoms. The molecule has 0 aliphatic heterocycles. The quantitative estimate of drug-likeness (QED) is 0.724.